The molecule has 0 radical (unpaired) electrons. The van der Waals surface area contributed by atoms with Crippen LogP contribution in [-0.2, 0) is 16.0 Å². The summed E-state index contributed by atoms with van der Waals surface area (Å²) in [7, 11) is 0. The second-order valence-corrected chi connectivity index (χ2v) is 5.15. The summed E-state index contributed by atoms with van der Waals surface area (Å²) in [5.41, 5.74) is 1.82. The topological polar surface area (TPSA) is 67.4 Å². The van der Waals surface area contributed by atoms with E-state index in [2.05, 4.69) is 10.6 Å². The summed E-state index contributed by atoms with van der Waals surface area (Å²) in [5.74, 6) is 0.768. The van der Waals surface area contributed by atoms with Crippen molar-refractivity contribution in [2.45, 2.75) is 39.2 Å². The zero-order chi connectivity index (χ0) is 14.5. The molecular formula is C15H20N2O3. The lowest BCUT2D eigenvalue weighted by atomic mass is 10.0. The van der Waals surface area contributed by atoms with Gasteiger partial charge in [-0.3, -0.25) is 9.59 Å². The lowest BCUT2D eigenvalue weighted by Crippen LogP contribution is -2.31. The fourth-order valence-corrected chi connectivity index (χ4v) is 2.17. The standard InChI is InChI=1S/C15H20N2O3/c1-10(2)16-15(19)8-9-20-13-5-3-4-12-11(13)6-7-14(18)17-12/h3-5,10H,6-9H2,1-2H3,(H,16,19)(H,17,18). The quantitative estimate of drug-likeness (QED) is 0.862. The van der Waals surface area contributed by atoms with Gasteiger partial charge in [-0.15, -0.1) is 0 Å². The average molecular weight is 276 g/mol. The molecule has 2 amide bonds. The normalized spacial score (nSPS) is 13.7. The second-order valence-electron chi connectivity index (χ2n) is 5.15. The van der Waals surface area contributed by atoms with E-state index >= 15 is 0 Å². The van der Waals surface area contributed by atoms with Gasteiger partial charge in [0.1, 0.15) is 5.75 Å². The Bertz CT molecular complexity index is 512. The molecule has 2 rings (SSSR count). The Morgan fingerprint density at radius 1 is 1.40 bits per heavy atom. The molecule has 0 unspecified atom stereocenters. The highest BCUT2D eigenvalue weighted by Crippen LogP contribution is 2.30. The van der Waals surface area contributed by atoms with Crippen molar-refractivity contribution in [1.29, 1.82) is 0 Å². The summed E-state index contributed by atoms with van der Waals surface area (Å²) < 4.78 is 5.68. The minimum atomic E-state index is -0.0156. The summed E-state index contributed by atoms with van der Waals surface area (Å²) in [6.45, 7) is 4.19. The predicted molar refractivity (Wildman–Crippen MR) is 76.8 cm³/mol. The first kappa shape index (κ1) is 14.4. The van der Waals surface area contributed by atoms with E-state index in [9.17, 15) is 9.59 Å². The third-order valence-electron chi connectivity index (χ3n) is 3.05. The van der Waals surface area contributed by atoms with Crippen molar-refractivity contribution in [2.24, 2.45) is 0 Å². The number of ether oxygens (including phenoxy) is 1. The van der Waals surface area contributed by atoms with Crippen LogP contribution in [0.4, 0.5) is 5.69 Å². The highest BCUT2D eigenvalue weighted by Gasteiger charge is 2.18. The van der Waals surface area contributed by atoms with Gasteiger partial charge in [-0.25, -0.2) is 0 Å². The van der Waals surface area contributed by atoms with E-state index in [-0.39, 0.29) is 17.9 Å². The van der Waals surface area contributed by atoms with E-state index in [0.717, 1.165) is 17.0 Å². The van der Waals surface area contributed by atoms with Crippen LogP contribution in [-0.4, -0.2) is 24.5 Å². The van der Waals surface area contributed by atoms with Gasteiger partial charge >= 0.3 is 0 Å². The Hall–Kier alpha value is -2.04. The van der Waals surface area contributed by atoms with Crippen LogP contribution in [0.1, 0.15) is 32.3 Å². The van der Waals surface area contributed by atoms with E-state index in [1.165, 1.54) is 0 Å². The molecule has 1 aromatic rings. The number of rotatable bonds is 5. The first-order chi connectivity index (χ1) is 9.56. The summed E-state index contributed by atoms with van der Waals surface area (Å²) in [6, 6.07) is 5.72. The number of carbonyl (C=O) groups excluding carboxylic acids is 2. The van der Waals surface area contributed by atoms with Gasteiger partial charge < -0.3 is 15.4 Å². The molecule has 5 nitrogen and oxygen atoms in total. The summed E-state index contributed by atoms with van der Waals surface area (Å²) in [6.07, 6.45) is 1.48. The molecule has 5 heteroatoms. The number of amides is 2. The fraction of sp³-hybridized carbons (Fsp3) is 0.467. The second kappa shape index (κ2) is 6.41. The number of benzene rings is 1. The average Bonchev–Trinajstić information content (AvgIpc) is 2.37. The predicted octanol–water partition coefficient (Wildman–Crippen LogP) is 1.86. The Morgan fingerprint density at radius 2 is 2.20 bits per heavy atom. The molecule has 0 bridgehead atoms. The van der Waals surface area contributed by atoms with Gasteiger partial charge in [0.15, 0.2) is 0 Å². The maximum atomic E-state index is 11.5. The highest BCUT2D eigenvalue weighted by atomic mass is 16.5. The Balaban J connectivity index is 1.92. The minimum absolute atomic E-state index is 0.0156. The third kappa shape index (κ3) is 3.73. The zero-order valence-electron chi connectivity index (χ0n) is 11.9. The van der Waals surface area contributed by atoms with Crippen LogP contribution in [0.3, 0.4) is 0 Å². The molecule has 0 saturated carbocycles. The Kier molecular flexibility index (Phi) is 4.61. The highest BCUT2D eigenvalue weighted by molar-refractivity contribution is 5.94. The molecule has 0 aliphatic carbocycles. The van der Waals surface area contributed by atoms with Crippen LogP contribution in [0.25, 0.3) is 0 Å². The van der Waals surface area contributed by atoms with Crippen LogP contribution in [0.15, 0.2) is 18.2 Å². The Labute approximate surface area is 118 Å². The number of fused-ring (bicyclic) bond motifs is 1. The Morgan fingerprint density at radius 3 is 2.95 bits per heavy atom. The zero-order valence-corrected chi connectivity index (χ0v) is 11.9. The molecule has 0 saturated heterocycles. The van der Waals surface area contributed by atoms with Crippen molar-refractivity contribution in [3.63, 3.8) is 0 Å². The fourth-order valence-electron chi connectivity index (χ4n) is 2.17. The summed E-state index contributed by atoms with van der Waals surface area (Å²) in [4.78, 5) is 22.9. The number of nitrogens with one attached hydrogen (secondary N) is 2. The van der Waals surface area contributed by atoms with Crippen LogP contribution < -0.4 is 15.4 Å². The lowest BCUT2D eigenvalue weighted by molar-refractivity contribution is -0.122. The van der Waals surface area contributed by atoms with E-state index in [4.69, 9.17) is 4.74 Å². The molecule has 0 fully saturated rings. The van der Waals surface area contributed by atoms with Crippen molar-refractivity contribution >= 4 is 17.5 Å². The van der Waals surface area contributed by atoms with Crippen LogP contribution in [0.5, 0.6) is 5.75 Å². The molecule has 0 atom stereocenters. The van der Waals surface area contributed by atoms with Gasteiger partial charge in [0.25, 0.3) is 0 Å². The lowest BCUT2D eigenvalue weighted by Gasteiger charge is -2.20. The van der Waals surface area contributed by atoms with E-state index < -0.39 is 0 Å². The molecule has 2 N–H and O–H groups in total. The summed E-state index contributed by atoms with van der Waals surface area (Å²) in [5, 5.41) is 5.65. The number of hydrogen-bond donors (Lipinski definition) is 2. The molecule has 1 aliphatic heterocycles. The van der Waals surface area contributed by atoms with Gasteiger partial charge in [-0.05, 0) is 32.4 Å². The van der Waals surface area contributed by atoms with Crippen LogP contribution in [0, 0.1) is 0 Å². The van der Waals surface area contributed by atoms with Gasteiger partial charge in [0, 0.05) is 23.7 Å². The van der Waals surface area contributed by atoms with Gasteiger partial charge in [-0.1, -0.05) is 6.07 Å². The van der Waals surface area contributed by atoms with Gasteiger partial charge in [-0.2, -0.15) is 0 Å². The molecular weight excluding hydrogens is 256 g/mol. The van der Waals surface area contributed by atoms with E-state index in [0.29, 0.717) is 25.9 Å². The van der Waals surface area contributed by atoms with Gasteiger partial charge in [0.2, 0.25) is 11.8 Å². The summed E-state index contributed by atoms with van der Waals surface area (Å²) >= 11 is 0. The molecule has 1 heterocycles. The minimum Gasteiger partial charge on any atom is -0.493 e. The van der Waals surface area contributed by atoms with Crippen molar-refractivity contribution in [1.82, 2.24) is 5.32 Å². The van der Waals surface area contributed by atoms with E-state index in [1.807, 2.05) is 32.0 Å². The molecule has 0 spiro atoms. The SMILES string of the molecule is CC(C)NC(=O)CCOc1cccc2c1CCC(=O)N2. The van der Waals surface area contributed by atoms with Crippen molar-refractivity contribution in [3.05, 3.63) is 23.8 Å². The number of hydrogen-bond acceptors (Lipinski definition) is 3. The molecule has 1 aromatic carbocycles. The molecule has 20 heavy (non-hydrogen) atoms. The van der Waals surface area contributed by atoms with Gasteiger partial charge in [0.05, 0.1) is 13.0 Å². The third-order valence-corrected chi connectivity index (χ3v) is 3.05. The first-order valence-corrected chi connectivity index (χ1v) is 6.90. The molecule has 1 aliphatic rings. The largest absolute Gasteiger partial charge is 0.493 e. The molecule has 108 valence electrons. The monoisotopic (exact) mass is 276 g/mol. The number of anilines is 1. The molecule has 0 aromatic heterocycles. The number of carbonyl (C=O) groups is 2. The van der Waals surface area contributed by atoms with Crippen molar-refractivity contribution < 1.29 is 14.3 Å². The van der Waals surface area contributed by atoms with Crippen molar-refractivity contribution in [3.8, 4) is 5.75 Å². The maximum absolute atomic E-state index is 11.5. The van der Waals surface area contributed by atoms with Crippen LogP contribution in [0.2, 0.25) is 0 Å². The van der Waals surface area contributed by atoms with Crippen LogP contribution >= 0.6 is 0 Å². The maximum Gasteiger partial charge on any atom is 0.224 e. The van der Waals surface area contributed by atoms with E-state index in [1.54, 1.807) is 0 Å². The smallest absolute Gasteiger partial charge is 0.224 e. The van der Waals surface area contributed by atoms with Crippen molar-refractivity contribution in [2.75, 3.05) is 11.9 Å². The first-order valence-electron chi connectivity index (χ1n) is 6.90.